The Labute approximate surface area is 151 Å². The average molecular weight is 396 g/mol. The summed E-state index contributed by atoms with van der Waals surface area (Å²) < 4.78 is 26.1. The van der Waals surface area contributed by atoms with Crippen molar-refractivity contribution in [3.8, 4) is 0 Å². The number of halogens is 2. The third-order valence-corrected chi connectivity index (χ3v) is 8.11. The SMILES string of the molecule is CN1CCN(S(=O)(=O)c2ccc(SCC3CC3(Cl)Cl)nc2)CC1. The van der Waals surface area contributed by atoms with Crippen molar-refractivity contribution in [2.45, 2.75) is 20.7 Å². The van der Waals surface area contributed by atoms with Crippen LogP contribution in [0.3, 0.4) is 0 Å². The predicted octanol–water partition coefficient (Wildman–Crippen LogP) is 2.30. The van der Waals surface area contributed by atoms with Gasteiger partial charge < -0.3 is 4.90 Å². The van der Waals surface area contributed by atoms with Crippen LogP contribution in [-0.4, -0.2) is 65.9 Å². The zero-order chi connectivity index (χ0) is 16.7. The molecule has 0 amide bonds. The summed E-state index contributed by atoms with van der Waals surface area (Å²) in [5.74, 6) is 1.08. The van der Waals surface area contributed by atoms with Gasteiger partial charge in [0, 0.05) is 44.0 Å². The van der Waals surface area contributed by atoms with Gasteiger partial charge >= 0.3 is 0 Å². The van der Waals surface area contributed by atoms with Crippen LogP contribution < -0.4 is 0 Å². The molecule has 2 heterocycles. The Morgan fingerprint density at radius 3 is 2.48 bits per heavy atom. The topological polar surface area (TPSA) is 53.5 Å². The Kier molecular flexibility index (Phi) is 5.17. The molecule has 0 aromatic carbocycles. The molecule has 0 N–H and O–H groups in total. The number of alkyl halides is 2. The summed E-state index contributed by atoms with van der Waals surface area (Å²) in [5, 5.41) is 0.790. The van der Waals surface area contributed by atoms with Crippen molar-refractivity contribution in [3.05, 3.63) is 18.3 Å². The predicted molar refractivity (Wildman–Crippen MR) is 93.8 cm³/mol. The lowest BCUT2D eigenvalue weighted by Crippen LogP contribution is -2.47. The second-order valence-corrected chi connectivity index (χ2v) is 10.5. The van der Waals surface area contributed by atoms with E-state index in [0.717, 1.165) is 30.3 Å². The molecule has 2 fully saturated rings. The summed E-state index contributed by atoms with van der Waals surface area (Å²) in [7, 11) is -1.45. The first-order valence-electron chi connectivity index (χ1n) is 7.44. The number of rotatable bonds is 5. The number of likely N-dealkylation sites (N-methyl/N-ethyl adjacent to an activating group) is 1. The number of hydrogen-bond acceptors (Lipinski definition) is 5. The molecule has 3 rings (SSSR count). The molecule has 1 aliphatic carbocycles. The van der Waals surface area contributed by atoms with Crippen LogP contribution in [-0.2, 0) is 10.0 Å². The summed E-state index contributed by atoms with van der Waals surface area (Å²) in [6.07, 6.45) is 2.25. The Balaban J connectivity index is 1.62. The fraction of sp³-hybridized carbons (Fsp3) is 0.643. The Morgan fingerprint density at radius 2 is 1.96 bits per heavy atom. The zero-order valence-electron chi connectivity index (χ0n) is 12.8. The lowest BCUT2D eigenvalue weighted by molar-refractivity contribution is 0.222. The largest absolute Gasteiger partial charge is 0.304 e. The Hall–Kier alpha value is -0.0500. The highest BCUT2D eigenvalue weighted by Crippen LogP contribution is 2.54. The molecule has 1 saturated heterocycles. The first-order chi connectivity index (χ1) is 10.8. The van der Waals surface area contributed by atoms with E-state index in [2.05, 4.69) is 9.88 Å². The van der Waals surface area contributed by atoms with Crippen molar-refractivity contribution in [1.29, 1.82) is 0 Å². The minimum atomic E-state index is -3.45. The van der Waals surface area contributed by atoms with Gasteiger partial charge in [-0.05, 0) is 25.6 Å². The second-order valence-electron chi connectivity index (χ2n) is 6.01. The highest BCUT2D eigenvalue weighted by Gasteiger charge is 2.51. The molecule has 2 aliphatic rings. The van der Waals surface area contributed by atoms with E-state index in [1.54, 1.807) is 23.9 Å². The van der Waals surface area contributed by atoms with E-state index < -0.39 is 14.4 Å². The molecule has 1 atom stereocenters. The van der Waals surface area contributed by atoms with E-state index in [4.69, 9.17) is 23.2 Å². The quantitative estimate of drug-likeness (QED) is 0.565. The number of aromatic nitrogens is 1. The van der Waals surface area contributed by atoms with Crippen molar-refractivity contribution in [2.75, 3.05) is 39.0 Å². The van der Waals surface area contributed by atoms with E-state index in [1.165, 1.54) is 10.5 Å². The summed E-state index contributed by atoms with van der Waals surface area (Å²) in [6.45, 7) is 2.54. The third kappa shape index (κ3) is 4.14. The Bertz CT molecular complexity index is 659. The first kappa shape index (κ1) is 17.8. The van der Waals surface area contributed by atoms with Gasteiger partial charge in [0.2, 0.25) is 10.0 Å². The third-order valence-electron chi connectivity index (χ3n) is 4.20. The van der Waals surface area contributed by atoms with Gasteiger partial charge in [0.05, 0.1) is 5.03 Å². The van der Waals surface area contributed by atoms with Gasteiger partial charge in [-0.15, -0.1) is 35.0 Å². The summed E-state index contributed by atoms with van der Waals surface area (Å²) in [4.78, 5) is 6.64. The smallest absolute Gasteiger partial charge is 0.244 e. The number of thioether (sulfide) groups is 1. The second kappa shape index (κ2) is 6.69. The lowest BCUT2D eigenvalue weighted by atomic mass is 10.4. The molecule has 0 spiro atoms. The molecule has 5 nitrogen and oxygen atoms in total. The number of hydrogen-bond donors (Lipinski definition) is 0. The molecule has 1 saturated carbocycles. The number of nitrogens with zero attached hydrogens (tertiary/aromatic N) is 3. The van der Waals surface area contributed by atoms with Gasteiger partial charge in [0.15, 0.2) is 0 Å². The molecule has 23 heavy (non-hydrogen) atoms. The van der Waals surface area contributed by atoms with Crippen LogP contribution in [0.15, 0.2) is 28.3 Å². The fourth-order valence-corrected chi connectivity index (χ4v) is 5.56. The van der Waals surface area contributed by atoms with Crippen molar-refractivity contribution in [2.24, 2.45) is 5.92 Å². The van der Waals surface area contributed by atoms with Crippen LogP contribution in [0.5, 0.6) is 0 Å². The first-order valence-corrected chi connectivity index (χ1v) is 10.6. The molecule has 128 valence electrons. The maximum Gasteiger partial charge on any atom is 0.244 e. The van der Waals surface area contributed by atoms with E-state index in [9.17, 15) is 8.42 Å². The maximum absolute atomic E-state index is 12.6. The average Bonchev–Trinajstić information content (AvgIpc) is 3.13. The van der Waals surface area contributed by atoms with Crippen LogP contribution in [0, 0.1) is 5.92 Å². The van der Waals surface area contributed by atoms with Gasteiger partial charge in [-0.25, -0.2) is 13.4 Å². The van der Waals surface area contributed by atoms with E-state index >= 15 is 0 Å². The van der Waals surface area contributed by atoms with Crippen molar-refractivity contribution >= 4 is 45.0 Å². The molecule has 9 heteroatoms. The van der Waals surface area contributed by atoms with Crippen LogP contribution in [0.1, 0.15) is 6.42 Å². The van der Waals surface area contributed by atoms with Crippen molar-refractivity contribution in [1.82, 2.24) is 14.2 Å². The number of piperazine rings is 1. The minimum absolute atomic E-state index is 0.252. The minimum Gasteiger partial charge on any atom is -0.304 e. The normalized spacial score (nSPS) is 25.4. The molecule has 1 aromatic rings. The van der Waals surface area contributed by atoms with E-state index in [0.29, 0.717) is 13.1 Å². The van der Waals surface area contributed by atoms with Crippen molar-refractivity contribution < 1.29 is 8.42 Å². The van der Waals surface area contributed by atoms with Gasteiger partial charge in [0.25, 0.3) is 0 Å². The highest BCUT2D eigenvalue weighted by molar-refractivity contribution is 7.99. The van der Waals surface area contributed by atoms with Crippen molar-refractivity contribution in [3.63, 3.8) is 0 Å². The van der Waals surface area contributed by atoms with Gasteiger partial charge in [0.1, 0.15) is 9.23 Å². The van der Waals surface area contributed by atoms with Crippen LogP contribution in [0.25, 0.3) is 0 Å². The summed E-state index contributed by atoms with van der Waals surface area (Å²) >= 11 is 13.5. The summed E-state index contributed by atoms with van der Waals surface area (Å²) in [6, 6.07) is 3.38. The molecule has 1 unspecified atom stereocenters. The monoisotopic (exact) mass is 395 g/mol. The molecule has 0 bridgehead atoms. The molecule has 1 aromatic heterocycles. The highest BCUT2D eigenvalue weighted by atomic mass is 35.5. The molecular weight excluding hydrogens is 377 g/mol. The van der Waals surface area contributed by atoms with Crippen LogP contribution in [0.2, 0.25) is 0 Å². The van der Waals surface area contributed by atoms with E-state index in [1.807, 2.05) is 7.05 Å². The van der Waals surface area contributed by atoms with Crippen LogP contribution >= 0.6 is 35.0 Å². The maximum atomic E-state index is 12.6. The number of sulfonamides is 1. The number of pyridine rings is 1. The summed E-state index contributed by atoms with van der Waals surface area (Å²) in [5.41, 5.74) is 0. The molecule has 1 aliphatic heterocycles. The van der Waals surface area contributed by atoms with Gasteiger partial charge in [-0.2, -0.15) is 4.31 Å². The van der Waals surface area contributed by atoms with Crippen LogP contribution in [0.4, 0.5) is 0 Å². The lowest BCUT2D eigenvalue weighted by Gasteiger charge is -2.31. The molecule has 0 radical (unpaired) electrons. The standard InChI is InChI=1S/C14H19Cl2N3O2S2/c1-18-4-6-19(7-5-18)23(20,21)12-2-3-13(17-9-12)22-10-11-8-14(11,15)16/h2-3,9,11H,4-8,10H2,1H3. The Morgan fingerprint density at radius 1 is 1.30 bits per heavy atom. The fourth-order valence-electron chi connectivity index (χ4n) is 2.42. The van der Waals surface area contributed by atoms with Gasteiger partial charge in [-0.3, -0.25) is 0 Å². The van der Waals surface area contributed by atoms with E-state index in [-0.39, 0.29) is 10.8 Å². The van der Waals surface area contributed by atoms with Gasteiger partial charge in [-0.1, -0.05) is 0 Å². The molecular formula is C14H19Cl2N3O2S2. The zero-order valence-corrected chi connectivity index (χ0v) is 15.9.